The normalized spacial score (nSPS) is 16.8. The van der Waals surface area contributed by atoms with Gasteiger partial charge in [-0.25, -0.2) is 0 Å². The summed E-state index contributed by atoms with van der Waals surface area (Å²) in [5.74, 6) is -2.21. The van der Waals surface area contributed by atoms with Crippen molar-refractivity contribution in [3.8, 4) is 5.75 Å². The molecule has 1 amide bonds. The highest BCUT2D eigenvalue weighted by Crippen LogP contribution is 2.43. The molecule has 0 spiro atoms. The molecule has 8 nitrogen and oxygen atoms in total. The van der Waals surface area contributed by atoms with E-state index in [9.17, 15) is 19.5 Å². The van der Waals surface area contributed by atoms with Gasteiger partial charge in [0.1, 0.15) is 17.6 Å². The van der Waals surface area contributed by atoms with Crippen LogP contribution in [-0.2, 0) is 25.5 Å². The van der Waals surface area contributed by atoms with Gasteiger partial charge in [-0.1, -0.05) is 29.8 Å². The molecule has 1 aliphatic rings. The zero-order valence-electron chi connectivity index (χ0n) is 19.6. The lowest BCUT2D eigenvalue weighted by atomic mass is 9.97. The van der Waals surface area contributed by atoms with Gasteiger partial charge in [0, 0.05) is 16.9 Å². The zero-order chi connectivity index (χ0) is 25.8. The van der Waals surface area contributed by atoms with Crippen LogP contribution in [0.15, 0.2) is 72.4 Å². The summed E-state index contributed by atoms with van der Waals surface area (Å²) >= 11 is 6.14. The van der Waals surface area contributed by atoms with Gasteiger partial charge in [0.05, 0.1) is 37.0 Å². The standard InChI is InChI=1S/C27H23ClN2O6/c1-3-36-22(31)14-16-7-10-18(11-8-16)30-24(20-6-4-5-13-29-20)23(26(33)27(30)34)25(32)19-15-17(28)9-12-21(19)35-2/h4-13,15,24,32H,3,14H2,1-2H3/b25-23+. The van der Waals surface area contributed by atoms with Gasteiger partial charge in [-0.05, 0) is 55.0 Å². The van der Waals surface area contributed by atoms with Gasteiger partial charge in [-0.3, -0.25) is 24.3 Å². The van der Waals surface area contributed by atoms with Gasteiger partial charge in [-0.2, -0.15) is 0 Å². The van der Waals surface area contributed by atoms with Crippen LogP contribution in [0.5, 0.6) is 5.75 Å². The number of pyridine rings is 1. The Balaban J connectivity index is 1.83. The number of ether oxygens (including phenoxy) is 2. The molecule has 184 valence electrons. The summed E-state index contributed by atoms with van der Waals surface area (Å²) in [7, 11) is 1.42. The second-order valence-electron chi connectivity index (χ2n) is 7.92. The van der Waals surface area contributed by atoms with Crippen molar-refractivity contribution in [2.45, 2.75) is 19.4 Å². The summed E-state index contributed by atoms with van der Waals surface area (Å²) in [6, 6.07) is 15.3. The van der Waals surface area contributed by atoms with E-state index in [4.69, 9.17) is 21.1 Å². The fourth-order valence-electron chi connectivity index (χ4n) is 4.08. The third kappa shape index (κ3) is 4.81. The molecule has 1 saturated heterocycles. The van der Waals surface area contributed by atoms with E-state index in [1.165, 1.54) is 24.3 Å². The molecule has 3 aromatic rings. The number of aliphatic hydroxyl groups is 1. The van der Waals surface area contributed by atoms with Crippen molar-refractivity contribution in [2.75, 3.05) is 18.6 Å². The highest BCUT2D eigenvalue weighted by atomic mass is 35.5. The maximum Gasteiger partial charge on any atom is 0.310 e. The molecular formula is C27H23ClN2O6. The predicted octanol–water partition coefficient (Wildman–Crippen LogP) is 4.48. The molecule has 0 bridgehead atoms. The Kier molecular flexibility index (Phi) is 7.36. The first kappa shape index (κ1) is 24.9. The minimum atomic E-state index is -1.01. The minimum Gasteiger partial charge on any atom is -0.507 e. The van der Waals surface area contributed by atoms with Crippen LogP contribution in [-0.4, -0.2) is 41.5 Å². The van der Waals surface area contributed by atoms with Crippen LogP contribution in [0.25, 0.3) is 5.76 Å². The monoisotopic (exact) mass is 506 g/mol. The van der Waals surface area contributed by atoms with Crippen molar-refractivity contribution in [2.24, 2.45) is 0 Å². The Morgan fingerprint density at radius 1 is 1.11 bits per heavy atom. The Labute approximate surface area is 212 Å². The number of esters is 1. The third-order valence-electron chi connectivity index (χ3n) is 5.70. The van der Waals surface area contributed by atoms with Crippen LogP contribution in [0.1, 0.15) is 29.8 Å². The van der Waals surface area contributed by atoms with Gasteiger partial charge in [0.25, 0.3) is 11.7 Å². The second kappa shape index (κ2) is 10.6. The number of anilines is 1. The number of aromatic nitrogens is 1. The van der Waals surface area contributed by atoms with Crippen molar-refractivity contribution >= 4 is 40.7 Å². The average Bonchev–Trinajstić information content (AvgIpc) is 3.15. The molecule has 1 aliphatic heterocycles. The van der Waals surface area contributed by atoms with Crippen LogP contribution in [0.4, 0.5) is 5.69 Å². The van der Waals surface area contributed by atoms with Crippen molar-refractivity contribution in [1.82, 2.24) is 4.98 Å². The molecular weight excluding hydrogens is 484 g/mol. The molecule has 1 fully saturated rings. The number of carbonyl (C=O) groups excluding carboxylic acids is 3. The largest absolute Gasteiger partial charge is 0.507 e. The lowest BCUT2D eigenvalue weighted by Gasteiger charge is -2.25. The van der Waals surface area contributed by atoms with E-state index >= 15 is 0 Å². The van der Waals surface area contributed by atoms with E-state index in [0.29, 0.717) is 22.0 Å². The highest BCUT2D eigenvalue weighted by Gasteiger charge is 2.47. The summed E-state index contributed by atoms with van der Waals surface area (Å²) in [5, 5.41) is 11.6. The van der Waals surface area contributed by atoms with Gasteiger partial charge >= 0.3 is 5.97 Å². The molecule has 0 saturated carbocycles. The summed E-state index contributed by atoms with van der Waals surface area (Å²) in [6.45, 7) is 2.01. The molecule has 2 heterocycles. The maximum atomic E-state index is 13.3. The van der Waals surface area contributed by atoms with Crippen LogP contribution < -0.4 is 9.64 Å². The van der Waals surface area contributed by atoms with E-state index in [2.05, 4.69) is 4.98 Å². The van der Waals surface area contributed by atoms with Crippen LogP contribution in [0.2, 0.25) is 5.02 Å². The fourth-order valence-corrected chi connectivity index (χ4v) is 4.25. The molecule has 0 radical (unpaired) electrons. The number of ketones is 1. The highest BCUT2D eigenvalue weighted by molar-refractivity contribution is 6.51. The third-order valence-corrected chi connectivity index (χ3v) is 5.93. The number of rotatable bonds is 7. The van der Waals surface area contributed by atoms with E-state index in [-0.39, 0.29) is 35.9 Å². The number of methoxy groups -OCH3 is 1. The summed E-state index contributed by atoms with van der Waals surface area (Å²) < 4.78 is 10.3. The molecule has 9 heteroatoms. The van der Waals surface area contributed by atoms with E-state index in [1.54, 1.807) is 61.5 Å². The number of carbonyl (C=O) groups is 3. The lowest BCUT2D eigenvalue weighted by molar-refractivity contribution is -0.142. The topological polar surface area (TPSA) is 106 Å². The molecule has 4 rings (SSSR count). The number of hydrogen-bond acceptors (Lipinski definition) is 7. The van der Waals surface area contributed by atoms with Crippen molar-refractivity contribution in [3.05, 3.63) is 94.3 Å². The molecule has 2 aromatic carbocycles. The first-order valence-electron chi connectivity index (χ1n) is 11.2. The van der Waals surface area contributed by atoms with Crippen LogP contribution >= 0.6 is 11.6 Å². The average molecular weight is 507 g/mol. The number of hydrogen-bond donors (Lipinski definition) is 1. The Bertz CT molecular complexity index is 1340. The molecule has 1 unspecified atom stereocenters. The van der Waals surface area contributed by atoms with Crippen LogP contribution in [0, 0.1) is 0 Å². The van der Waals surface area contributed by atoms with Crippen molar-refractivity contribution < 1.29 is 29.0 Å². The number of amides is 1. The number of halogens is 1. The minimum absolute atomic E-state index is 0.0746. The molecule has 36 heavy (non-hydrogen) atoms. The summed E-state index contributed by atoms with van der Waals surface area (Å²) in [6.07, 6.45) is 1.61. The van der Waals surface area contributed by atoms with Crippen molar-refractivity contribution in [3.63, 3.8) is 0 Å². The molecule has 1 N–H and O–H groups in total. The van der Waals surface area contributed by atoms with E-state index in [1.807, 2.05) is 0 Å². The number of benzene rings is 2. The smallest absolute Gasteiger partial charge is 0.310 e. The summed E-state index contributed by atoms with van der Waals surface area (Å²) in [4.78, 5) is 44.0. The van der Waals surface area contributed by atoms with Crippen LogP contribution in [0.3, 0.4) is 0 Å². The number of aliphatic hydroxyl groups excluding tert-OH is 1. The first-order valence-corrected chi connectivity index (χ1v) is 11.5. The second-order valence-corrected chi connectivity index (χ2v) is 8.35. The Morgan fingerprint density at radius 3 is 2.50 bits per heavy atom. The quantitative estimate of drug-likeness (QED) is 0.218. The fraction of sp³-hybridized carbons (Fsp3) is 0.185. The predicted molar refractivity (Wildman–Crippen MR) is 134 cm³/mol. The van der Waals surface area contributed by atoms with E-state index < -0.39 is 23.5 Å². The molecule has 0 aliphatic carbocycles. The van der Waals surface area contributed by atoms with Gasteiger partial charge in [0.15, 0.2) is 0 Å². The number of nitrogens with zero attached hydrogens (tertiary/aromatic N) is 2. The zero-order valence-corrected chi connectivity index (χ0v) is 20.4. The molecule has 1 aromatic heterocycles. The van der Waals surface area contributed by atoms with Crippen molar-refractivity contribution in [1.29, 1.82) is 0 Å². The SMILES string of the molecule is CCOC(=O)Cc1ccc(N2C(=O)C(=O)/C(=C(/O)c3cc(Cl)ccc3OC)C2c2ccccn2)cc1. The summed E-state index contributed by atoms with van der Waals surface area (Å²) in [5.41, 5.74) is 1.50. The Hall–Kier alpha value is -4.17. The molecule has 1 atom stereocenters. The maximum absolute atomic E-state index is 13.3. The lowest BCUT2D eigenvalue weighted by Crippen LogP contribution is -2.29. The van der Waals surface area contributed by atoms with Gasteiger partial charge in [0.2, 0.25) is 0 Å². The van der Waals surface area contributed by atoms with Gasteiger partial charge < -0.3 is 14.6 Å². The Morgan fingerprint density at radius 2 is 1.86 bits per heavy atom. The first-order chi connectivity index (χ1) is 17.3. The van der Waals surface area contributed by atoms with E-state index in [0.717, 1.165) is 0 Å². The van der Waals surface area contributed by atoms with Gasteiger partial charge in [-0.15, -0.1) is 0 Å². The number of Topliss-reactive ketones (excluding diaryl/α,β-unsaturated/α-hetero) is 1.